The van der Waals surface area contributed by atoms with Crippen LogP contribution in [0.4, 0.5) is 5.69 Å². The Balaban J connectivity index is 1.61. The van der Waals surface area contributed by atoms with Gasteiger partial charge >= 0.3 is 5.97 Å². The summed E-state index contributed by atoms with van der Waals surface area (Å²) in [5.74, 6) is 6.90. The van der Waals surface area contributed by atoms with E-state index in [1.807, 2.05) is 62.1 Å². The Morgan fingerprint density at radius 2 is 1.65 bits per heavy atom. The van der Waals surface area contributed by atoms with Gasteiger partial charge in [-0.25, -0.2) is 4.79 Å². The van der Waals surface area contributed by atoms with Gasteiger partial charge in [0, 0.05) is 17.4 Å². The van der Waals surface area contributed by atoms with Gasteiger partial charge in [-0.05, 0) is 96.3 Å². The summed E-state index contributed by atoms with van der Waals surface area (Å²) < 4.78 is 6.19. The molecule has 0 atom stereocenters. The van der Waals surface area contributed by atoms with E-state index >= 15 is 0 Å². The van der Waals surface area contributed by atoms with E-state index in [0.717, 1.165) is 57.1 Å². The molecule has 0 saturated heterocycles. The molecule has 1 aromatic heterocycles. The molecule has 1 amide bonds. The van der Waals surface area contributed by atoms with Crippen LogP contribution >= 0.6 is 11.3 Å². The quantitative estimate of drug-likeness (QED) is 0.402. The molecule has 1 heterocycles. The molecule has 0 radical (unpaired) electrons. The number of aromatic carboxylic acids is 1. The molecule has 2 saturated carbocycles. The van der Waals surface area contributed by atoms with Crippen LogP contribution < -0.4 is 9.64 Å². The first-order valence-corrected chi connectivity index (χ1v) is 14.4. The fraction of sp³-hybridized carbons (Fsp3) is 0.548. The van der Waals surface area contributed by atoms with Crippen molar-refractivity contribution < 1.29 is 19.4 Å². The molecule has 0 spiro atoms. The molecule has 0 unspecified atom stereocenters. The zero-order valence-corrected chi connectivity index (χ0v) is 23.3. The summed E-state index contributed by atoms with van der Waals surface area (Å²) in [4.78, 5) is 29.1. The third-order valence-electron chi connectivity index (χ3n) is 7.38. The highest BCUT2D eigenvalue weighted by atomic mass is 32.1. The second kappa shape index (κ2) is 11.7. The molecule has 0 bridgehead atoms. The number of thiophene rings is 1. The summed E-state index contributed by atoms with van der Waals surface area (Å²) in [5, 5.41) is 10.1. The average Bonchev–Trinajstić information content (AvgIpc) is 3.29. The molecule has 4 rings (SSSR count). The molecule has 1 aromatic carbocycles. The molecular formula is C31H39NO4S. The number of hydrogen-bond acceptors (Lipinski definition) is 4. The van der Waals surface area contributed by atoms with Crippen molar-refractivity contribution in [3.63, 3.8) is 0 Å². The van der Waals surface area contributed by atoms with Crippen LogP contribution in [0.2, 0.25) is 0 Å². The topological polar surface area (TPSA) is 66.8 Å². The molecule has 2 aliphatic carbocycles. The van der Waals surface area contributed by atoms with E-state index in [1.165, 1.54) is 11.3 Å². The van der Waals surface area contributed by atoms with Gasteiger partial charge in [-0.1, -0.05) is 37.0 Å². The number of ether oxygens (including phenoxy) is 1. The normalized spacial score (nSPS) is 24.0. The molecule has 1 N–H and O–H groups in total. The van der Waals surface area contributed by atoms with Crippen LogP contribution in [-0.4, -0.2) is 29.1 Å². The maximum Gasteiger partial charge on any atom is 0.348 e. The van der Waals surface area contributed by atoms with E-state index in [0.29, 0.717) is 16.5 Å². The van der Waals surface area contributed by atoms with Crippen molar-refractivity contribution in [2.24, 2.45) is 17.3 Å². The number of carbonyl (C=O) groups excluding carboxylic acids is 1. The zero-order valence-electron chi connectivity index (χ0n) is 22.5. The summed E-state index contributed by atoms with van der Waals surface area (Å²) in [6, 6.07) is 11.6. The lowest BCUT2D eigenvalue weighted by Gasteiger charge is -2.39. The van der Waals surface area contributed by atoms with E-state index < -0.39 is 5.97 Å². The van der Waals surface area contributed by atoms with Gasteiger partial charge in [0.15, 0.2) is 0 Å². The number of hydrogen-bond donors (Lipinski definition) is 1. The molecule has 6 heteroatoms. The van der Waals surface area contributed by atoms with E-state index in [-0.39, 0.29) is 34.3 Å². The molecular weight excluding hydrogens is 482 g/mol. The number of para-hydroxylation sites is 1. The van der Waals surface area contributed by atoms with Crippen LogP contribution in [0.1, 0.15) is 93.6 Å². The monoisotopic (exact) mass is 521 g/mol. The van der Waals surface area contributed by atoms with Crippen LogP contribution in [0.3, 0.4) is 0 Å². The number of benzene rings is 1. The van der Waals surface area contributed by atoms with E-state index in [9.17, 15) is 14.7 Å². The van der Waals surface area contributed by atoms with E-state index in [2.05, 4.69) is 18.8 Å². The van der Waals surface area contributed by atoms with Gasteiger partial charge in [-0.3, -0.25) is 4.79 Å². The maximum atomic E-state index is 14.0. The van der Waals surface area contributed by atoms with Crippen molar-refractivity contribution >= 4 is 28.9 Å². The minimum atomic E-state index is -1.00. The highest BCUT2D eigenvalue weighted by Crippen LogP contribution is 2.39. The first kappa shape index (κ1) is 27.3. The van der Waals surface area contributed by atoms with Gasteiger partial charge in [-0.2, -0.15) is 0 Å². The van der Waals surface area contributed by atoms with Gasteiger partial charge in [0.05, 0.1) is 16.7 Å². The van der Waals surface area contributed by atoms with E-state index in [1.54, 1.807) is 0 Å². The lowest BCUT2D eigenvalue weighted by atomic mass is 9.81. The maximum absolute atomic E-state index is 14.0. The van der Waals surface area contributed by atoms with Gasteiger partial charge < -0.3 is 14.7 Å². The Morgan fingerprint density at radius 1 is 1.00 bits per heavy atom. The first-order valence-electron chi connectivity index (χ1n) is 13.6. The summed E-state index contributed by atoms with van der Waals surface area (Å²) in [7, 11) is 0. The predicted molar refractivity (Wildman–Crippen MR) is 149 cm³/mol. The minimum Gasteiger partial charge on any atom is -0.490 e. The number of nitrogens with zero attached hydrogens (tertiary/aromatic N) is 1. The van der Waals surface area contributed by atoms with Crippen molar-refractivity contribution in [1.29, 1.82) is 0 Å². The Labute approximate surface area is 225 Å². The van der Waals surface area contributed by atoms with Gasteiger partial charge in [-0.15, -0.1) is 11.3 Å². The second-order valence-electron chi connectivity index (χ2n) is 11.7. The van der Waals surface area contributed by atoms with Crippen molar-refractivity contribution in [2.75, 3.05) is 4.90 Å². The van der Waals surface area contributed by atoms with Gasteiger partial charge in [0.25, 0.3) is 0 Å². The lowest BCUT2D eigenvalue weighted by molar-refractivity contribution is -0.124. The standard InChI is InChI=1S/C31H39NO4S/c1-21-10-12-22(13-11-21)29(33)32(23-14-16-25(17-15-23)36-24-8-6-5-7-9-24)27-20-26(18-19-31(2,3)4)37-28(27)30(34)35/h5-9,20-23,25H,10-17H2,1-4H3,(H,34,35). The highest BCUT2D eigenvalue weighted by Gasteiger charge is 2.37. The third kappa shape index (κ3) is 7.17. The summed E-state index contributed by atoms with van der Waals surface area (Å²) in [5.41, 5.74) is 0.325. The highest BCUT2D eigenvalue weighted by molar-refractivity contribution is 7.15. The fourth-order valence-corrected chi connectivity index (χ4v) is 6.18. The van der Waals surface area contributed by atoms with Crippen LogP contribution in [0.25, 0.3) is 0 Å². The fourth-order valence-electron chi connectivity index (χ4n) is 5.34. The summed E-state index contributed by atoms with van der Waals surface area (Å²) >= 11 is 1.18. The predicted octanol–water partition coefficient (Wildman–Crippen LogP) is 7.39. The smallest absolute Gasteiger partial charge is 0.348 e. The number of carboxylic acids is 1. The summed E-state index contributed by atoms with van der Waals surface area (Å²) in [6.07, 6.45) is 7.13. The molecule has 2 aliphatic rings. The number of anilines is 1. The third-order valence-corrected chi connectivity index (χ3v) is 8.41. The molecule has 2 aromatic rings. The lowest BCUT2D eigenvalue weighted by Crippen LogP contribution is -2.47. The van der Waals surface area contributed by atoms with Crippen LogP contribution in [0.5, 0.6) is 5.75 Å². The van der Waals surface area contributed by atoms with E-state index in [4.69, 9.17) is 4.74 Å². The molecule has 198 valence electrons. The van der Waals surface area contributed by atoms with Gasteiger partial charge in [0.1, 0.15) is 10.6 Å². The van der Waals surface area contributed by atoms with Crippen molar-refractivity contribution in [3.05, 3.63) is 46.2 Å². The average molecular weight is 522 g/mol. The number of rotatable bonds is 6. The van der Waals surface area contributed by atoms with Crippen LogP contribution in [-0.2, 0) is 4.79 Å². The van der Waals surface area contributed by atoms with Gasteiger partial charge in [0.2, 0.25) is 5.91 Å². The Hall–Kier alpha value is -2.78. The molecule has 37 heavy (non-hydrogen) atoms. The molecule has 0 aliphatic heterocycles. The van der Waals surface area contributed by atoms with Crippen molar-refractivity contribution in [3.8, 4) is 17.6 Å². The Bertz CT molecular complexity index is 1140. The summed E-state index contributed by atoms with van der Waals surface area (Å²) in [6.45, 7) is 8.33. The van der Waals surface area contributed by atoms with Crippen LogP contribution in [0.15, 0.2) is 36.4 Å². The number of carbonyl (C=O) groups is 2. The van der Waals surface area contributed by atoms with Crippen molar-refractivity contribution in [1.82, 2.24) is 0 Å². The number of amides is 1. The Kier molecular flexibility index (Phi) is 8.64. The largest absolute Gasteiger partial charge is 0.490 e. The van der Waals surface area contributed by atoms with Crippen LogP contribution in [0, 0.1) is 29.1 Å². The first-order chi connectivity index (χ1) is 17.6. The minimum absolute atomic E-state index is 0.0430. The number of carboxylic acid groups (broad SMARTS) is 1. The van der Waals surface area contributed by atoms with Crippen molar-refractivity contribution in [2.45, 2.75) is 91.2 Å². The second-order valence-corrected chi connectivity index (χ2v) is 12.7. The molecule has 2 fully saturated rings. The molecule has 5 nitrogen and oxygen atoms in total. The zero-order chi connectivity index (χ0) is 26.6. The SMILES string of the molecule is CC1CCC(C(=O)N(c2cc(C#CC(C)(C)C)sc2C(=O)O)C2CCC(Oc3ccccc3)CC2)CC1. The Morgan fingerprint density at radius 3 is 2.24 bits per heavy atom.